The van der Waals surface area contributed by atoms with E-state index in [1.165, 1.54) is 19.4 Å². The third-order valence-corrected chi connectivity index (χ3v) is 4.92. The second kappa shape index (κ2) is 8.85. The van der Waals surface area contributed by atoms with Gasteiger partial charge in [0, 0.05) is 19.6 Å². The van der Waals surface area contributed by atoms with Crippen molar-refractivity contribution in [1.29, 1.82) is 0 Å². The van der Waals surface area contributed by atoms with Gasteiger partial charge in [-0.1, -0.05) is 30.3 Å². The van der Waals surface area contributed by atoms with E-state index in [-0.39, 0.29) is 0 Å². The molecule has 0 bridgehead atoms. The average molecular weight is 355 g/mol. The third-order valence-electron chi connectivity index (χ3n) is 4.92. The van der Waals surface area contributed by atoms with E-state index < -0.39 is 0 Å². The number of imidazole rings is 1. The smallest absolute Gasteiger partial charge is 0.194 e. The van der Waals surface area contributed by atoms with Gasteiger partial charge in [-0.25, -0.2) is 4.98 Å². The molecular weight excluding hydrogens is 324 g/mol. The lowest BCUT2D eigenvalue weighted by molar-refractivity contribution is 0.316. The molecule has 1 aromatic carbocycles. The van der Waals surface area contributed by atoms with Crippen molar-refractivity contribution in [3.8, 4) is 11.3 Å². The fourth-order valence-corrected chi connectivity index (χ4v) is 3.38. The van der Waals surface area contributed by atoms with Crippen LogP contribution in [-0.4, -0.2) is 65.5 Å². The average Bonchev–Trinajstić information content (AvgIpc) is 3.28. The first-order chi connectivity index (χ1) is 12.7. The van der Waals surface area contributed by atoms with E-state index in [2.05, 4.69) is 58.2 Å². The summed E-state index contributed by atoms with van der Waals surface area (Å²) in [6.07, 6.45) is 4.41. The Morgan fingerprint density at radius 3 is 2.88 bits per heavy atom. The topological polar surface area (TPSA) is 59.6 Å². The molecule has 1 saturated heterocycles. The number of nitrogens with one attached hydrogen (secondary N) is 2. The first-order valence-electron chi connectivity index (χ1n) is 9.46. The number of H-pyrrole nitrogens is 1. The zero-order valence-electron chi connectivity index (χ0n) is 16.1. The van der Waals surface area contributed by atoms with Crippen molar-refractivity contribution in [2.24, 2.45) is 4.99 Å². The summed E-state index contributed by atoms with van der Waals surface area (Å²) in [5, 5.41) is 3.40. The number of hydrogen-bond acceptors (Lipinski definition) is 3. The zero-order valence-corrected chi connectivity index (χ0v) is 16.1. The number of hydrogen-bond donors (Lipinski definition) is 2. The predicted molar refractivity (Wildman–Crippen MR) is 107 cm³/mol. The third kappa shape index (κ3) is 4.64. The van der Waals surface area contributed by atoms with Crippen molar-refractivity contribution in [3.63, 3.8) is 0 Å². The minimum absolute atomic E-state index is 0.561. The number of aliphatic imine (C=N–C) groups is 1. The minimum atomic E-state index is 0.561. The Balaban J connectivity index is 1.64. The molecule has 0 radical (unpaired) electrons. The molecule has 1 aromatic heterocycles. The maximum Gasteiger partial charge on any atom is 0.194 e. The van der Waals surface area contributed by atoms with Crippen molar-refractivity contribution in [2.75, 3.05) is 33.7 Å². The van der Waals surface area contributed by atoms with Gasteiger partial charge in [0.25, 0.3) is 0 Å². The van der Waals surface area contributed by atoms with E-state index in [9.17, 15) is 0 Å². The van der Waals surface area contributed by atoms with Crippen molar-refractivity contribution < 1.29 is 0 Å². The maximum absolute atomic E-state index is 4.86. The van der Waals surface area contributed by atoms with E-state index in [0.717, 1.165) is 36.1 Å². The van der Waals surface area contributed by atoms with E-state index in [1.807, 2.05) is 24.4 Å². The standard InChI is InChI=1S/C20H30N6/c1-4-21-20(23-13-17-11-8-12-25(17)2)26(3)15-19-22-14-18(24-19)16-9-6-5-7-10-16/h5-7,9-10,14,17H,4,8,11-13,15H2,1-3H3,(H,21,23)(H,22,24). The van der Waals surface area contributed by atoms with E-state index >= 15 is 0 Å². The Kier molecular flexibility index (Phi) is 6.28. The van der Waals surface area contributed by atoms with E-state index in [1.54, 1.807) is 0 Å². The van der Waals surface area contributed by atoms with Crippen LogP contribution >= 0.6 is 0 Å². The fourth-order valence-electron chi connectivity index (χ4n) is 3.38. The summed E-state index contributed by atoms with van der Waals surface area (Å²) in [5.74, 6) is 1.88. The van der Waals surface area contributed by atoms with Crippen LogP contribution < -0.4 is 5.32 Å². The molecule has 2 aromatic rings. The number of rotatable bonds is 6. The molecule has 1 aliphatic heterocycles. The van der Waals surface area contributed by atoms with Crippen LogP contribution in [0, 0.1) is 0 Å². The van der Waals surface area contributed by atoms with Gasteiger partial charge in [0.1, 0.15) is 5.82 Å². The highest BCUT2D eigenvalue weighted by molar-refractivity contribution is 5.79. The SMILES string of the molecule is CCNC(=NCC1CCCN1C)N(C)Cc1ncc(-c2ccccc2)[nH]1. The van der Waals surface area contributed by atoms with Crippen LogP contribution in [-0.2, 0) is 6.54 Å². The quantitative estimate of drug-likeness (QED) is 0.618. The molecule has 1 aliphatic rings. The summed E-state index contributed by atoms with van der Waals surface area (Å²) in [6.45, 7) is 5.68. The monoisotopic (exact) mass is 354 g/mol. The summed E-state index contributed by atoms with van der Waals surface area (Å²) >= 11 is 0. The number of benzene rings is 1. The largest absolute Gasteiger partial charge is 0.357 e. The molecule has 0 saturated carbocycles. The van der Waals surface area contributed by atoms with Crippen molar-refractivity contribution >= 4 is 5.96 Å². The van der Waals surface area contributed by atoms with E-state index in [4.69, 9.17) is 4.99 Å². The normalized spacial score (nSPS) is 18.3. The number of likely N-dealkylation sites (N-methyl/N-ethyl adjacent to an activating group) is 1. The molecule has 2 N–H and O–H groups in total. The molecular formula is C20H30N6. The fraction of sp³-hybridized carbons (Fsp3) is 0.500. The maximum atomic E-state index is 4.86. The van der Waals surface area contributed by atoms with Gasteiger partial charge in [-0.3, -0.25) is 4.99 Å². The summed E-state index contributed by atoms with van der Waals surface area (Å²) in [7, 11) is 4.25. The summed E-state index contributed by atoms with van der Waals surface area (Å²) in [4.78, 5) is 17.3. The number of aromatic amines is 1. The number of likely N-dealkylation sites (tertiary alicyclic amines) is 1. The molecule has 6 nitrogen and oxygen atoms in total. The van der Waals surface area contributed by atoms with Crippen LogP contribution in [0.5, 0.6) is 0 Å². The van der Waals surface area contributed by atoms with Crippen LogP contribution in [0.2, 0.25) is 0 Å². The van der Waals surface area contributed by atoms with Gasteiger partial charge in [-0.2, -0.15) is 0 Å². The summed E-state index contributed by atoms with van der Waals surface area (Å²) in [5.41, 5.74) is 2.20. The molecule has 0 aliphatic carbocycles. The molecule has 0 amide bonds. The van der Waals surface area contributed by atoms with Crippen LogP contribution in [0.25, 0.3) is 11.3 Å². The lowest BCUT2D eigenvalue weighted by Gasteiger charge is -2.23. The lowest BCUT2D eigenvalue weighted by Crippen LogP contribution is -2.40. The predicted octanol–water partition coefficient (Wildman–Crippen LogP) is 2.57. The summed E-state index contributed by atoms with van der Waals surface area (Å²) in [6, 6.07) is 10.8. The molecule has 3 rings (SSSR count). The van der Waals surface area contributed by atoms with Crippen LogP contribution in [0.15, 0.2) is 41.5 Å². The molecule has 6 heteroatoms. The Hall–Kier alpha value is -2.34. The van der Waals surface area contributed by atoms with Crippen LogP contribution in [0.4, 0.5) is 0 Å². The molecule has 1 atom stereocenters. The first kappa shape index (κ1) is 18.5. The first-order valence-corrected chi connectivity index (χ1v) is 9.46. The van der Waals surface area contributed by atoms with Gasteiger partial charge in [-0.15, -0.1) is 0 Å². The van der Waals surface area contributed by atoms with Crippen LogP contribution in [0.3, 0.4) is 0 Å². The van der Waals surface area contributed by atoms with Crippen molar-refractivity contribution in [1.82, 2.24) is 25.1 Å². The number of aromatic nitrogens is 2. The second-order valence-corrected chi connectivity index (χ2v) is 6.94. The zero-order chi connectivity index (χ0) is 18.4. The number of nitrogens with zero attached hydrogens (tertiary/aromatic N) is 4. The second-order valence-electron chi connectivity index (χ2n) is 6.94. The Morgan fingerprint density at radius 1 is 1.38 bits per heavy atom. The Bertz CT molecular complexity index is 708. The highest BCUT2D eigenvalue weighted by Crippen LogP contribution is 2.17. The summed E-state index contributed by atoms with van der Waals surface area (Å²) < 4.78 is 0. The van der Waals surface area contributed by atoms with Gasteiger partial charge >= 0.3 is 0 Å². The highest BCUT2D eigenvalue weighted by Gasteiger charge is 2.20. The van der Waals surface area contributed by atoms with Crippen LogP contribution in [0.1, 0.15) is 25.6 Å². The van der Waals surface area contributed by atoms with Gasteiger partial charge in [0.05, 0.1) is 25.0 Å². The Labute approximate surface area is 156 Å². The van der Waals surface area contributed by atoms with Crippen molar-refractivity contribution in [2.45, 2.75) is 32.4 Å². The van der Waals surface area contributed by atoms with Crippen molar-refractivity contribution in [3.05, 3.63) is 42.4 Å². The molecule has 2 heterocycles. The molecule has 1 unspecified atom stereocenters. The van der Waals surface area contributed by atoms with Gasteiger partial charge in [0.15, 0.2) is 5.96 Å². The van der Waals surface area contributed by atoms with Gasteiger partial charge in [0.2, 0.25) is 0 Å². The molecule has 0 spiro atoms. The van der Waals surface area contributed by atoms with Gasteiger partial charge in [-0.05, 0) is 38.9 Å². The number of guanidine groups is 1. The Morgan fingerprint density at radius 2 is 2.19 bits per heavy atom. The highest BCUT2D eigenvalue weighted by atomic mass is 15.3. The molecule has 26 heavy (non-hydrogen) atoms. The minimum Gasteiger partial charge on any atom is -0.357 e. The molecule has 1 fully saturated rings. The molecule has 140 valence electrons. The van der Waals surface area contributed by atoms with E-state index in [0.29, 0.717) is 12.6 Å². The lowest BCUT2D eigenvalue weighted by atomic mass is 10.2. The van der Waals surface area contributed by atoms with Gasteiger partial charge < -0.3 is 20.1 Å².